The van der Waals surface area contributed by atoms with Crippen molar-refractivity contribution in [1.29, 1.82) is 0 Å². The highest BCUT2D eigenvalue weighted by atomic mass is 79.9. The summed E-state index contributed by atoms with van der Waals surface area (Å²) in [6.07, 6.45) is 5.37. The molecule has 17 heavy (non-hydrogen) atoms. The molecule has 1 aromatic rings. The molecule has 0 aromatic heterocycles. The summed E-state index contributed by atoms with van der Waals surface area (Å²) in [5.41, 5.74) is 1.18. The number of hydrogen-bond acceptors (Lipinski definition) is 2. The van der Waals surface area contributed by atoms with Gasteiger partial charge in [0.2, 0.25) is 0 Å². The lowest BCUT2D eigenvalue weighted by atomic mass is 10.1. The van der Waals surface area contributed by atoms with Crippen LogP contribution in [-0.4, -0.2) is 22.6 Å². The highest BCUT2D eigenvalue weighted by Gasteiger charge is 2.21. The van der Waals surface area contributed by atoms with Crippen LogP contribution in [0.5, 0.6) is 5.75 Å². The molecule has 2 rings (SSSR count). The first-order valence-electron chi connectivity index (χ1n) is 6.42. The fourth-order valence-electron chi connectivity index (χ4n) is 2.67. The van der Waals surface area contributed by atoms with Gasteiger partial charge in [-0.2, -0.15) is 0 Å². The maximum Gasteiger partial charge on any atom is 0.115 e. The van der Waals surface area contributed by atoms with Crippen LogP contribution >= 0.6 is 15.9 Å². The van der Waals surface area contributed by atoms with E-state index in [0.29, 0.717) is 5.75 Å². The molecule has 1 aromatic carbocycles. The van der Waals surface area contributed by atoms with E-state index >= 15 is 0 Å². The monoisotopic (exact) mass is 297 g/mol. The summed E-state index contributed by atoms with van der Waals surface area (Å²) in [6.45, 7) is 4.22. The van der Waals surface area contributed by atoms with E-state index in [1.54, 1.807) is 6.07 Å². The van der Waals surface area contributed by atoms with Crippen LogP contribution in [0.2, 0.25) is 0 Å². The van der Waals surface area contributed by atoms with Crippen molar-refractivity contribution >= 4 is 15.9 Å². The van der Waals surface area contributed by atoms with Gasteiger partial charge < -0.3 is 5.11 Å². The first-order valence-corrected chi connectivity index (χ1v) is 7.21. The van der Waals surface area contributed by atoms with E-state index in [1.165, 1.54) is 31.2 Å². The zero-order valence-electron chi connectivity index (χ0n) is 10.3. The summed E-state index contributed by atoms with van der Waals surface area (Å²) >= 11 is 3.56. The molecule has 1 saturated carbocycles. The first-order chi connectivity index (χ1) is 8.20. The molecule has 0 aliphatic heterocycles. The Morgan fingerprint density at radius 3 is 2.71 bits per heavy atom. The largest absolute Gasteiger partial charge is 0.508 e. The predicted octanol–water partition coefficient (Wildman–Crippen LogP) is 3.92. The van der Waals surface area contributed by atoms with Crippen molar-refractivity contribution < 1.29 is 5.11 Å². The van der Waals surface area contributed by atoms with Crippen LogP contribution in [0.3, 0.4) is 0 Å². The normalized spacial score (nSPS) is 16.9. The van der Waals surface area contributed by atoms with E-state index in [2.05, 4.69) is 27.8 Å². The molecule has 0 amide bonds. The SMILES string of the molecule is CCN(Cc1cc(O)ccc1Br)C1CCCC1. The molecule has 0 saturated heterocycles. The Bertz CT molecular complexity index is 374. The summed E-state index contributed by atoms with van der Waals surface area (Å²) in [4.78, 5) is 2.52. The molecule has 0 heterocycles. The van der Waals surface area contributed by atoms with Gasteiger partial charge in [-0.25, -0.2) is 0 Å². The molecule has 0 spiro atoms. The molecular weight excluding hydrogens is 278 g/mol. The Morgan fingerprint density at radius 1 is 1.35 bits per heavy atom. The lowest BCUT2D eigenvalue weighted by Gasteiger charge is -2.27. The quantitative estimate of drug-likeness (QED) is 0.910. The average Bonchev–Trinajstić information content (AvgIpc) is 2.84. The fourth-order valence-corrected chi connectivity index (χ4v) is 3.04. The predicted molar refractivity (Wildman–Crippen MR) is 74.1 cm³/mol. The summed E-state index contributed by atoms with van der Waals surface area (Å²) in [7, 11) is 0. The van der Waals surface area contributed by atoms with Crippen LogP contribution < -0.4 is 0 Å². The van der Waals surface area contributed by atoms with Gasteiger partial charge in [0.1, 0.15) is 5.75 Å². The molecule has 1 aliphatic rings. The maximum atomic E-state index is 9.55. The molecule has 94 valence electrons. The van der Waals surface area contributed by atoms with Crippen LogP contribution in [0, 0.1) is 0 Å². The van der Waals surface area contributed by atoms with Crippen LogP contribution in [0.15, 0.2) is 22.7 Å². The van der Waals surface area contributed by atoms with Crippen LogP contribution in [0.4, 0.5) is 0 Å². The Hall–Kier alpha value is -0.540. The van der Waals surface area contributed by atoms with Crippen molar-refractivity contribution in [2.75, 3.05) is 6.54 Å². The summed E-state index contributed by atoms with van der Waals surface area (Å²) in [5.74, 6) is 0.352. The average molecular weight is 298 g/mol. The minimum atomic E-state index is 0.352. The standard InChI is InChI=1S/C14H20BrNO/c1-2-16(12-5-3-4-6-12)10-11-9-13(17)7-8-14(11)15/h7-9,12,17H,2-6,10H2,1H3. The fraction of sp³-hybridized carbons (Fsp3) is 0.571. The zero-order valence-corrected chi connectivity index (χ0v) is 11.9. The molecule has 0 unspecified atom stereocenters. The summed E-state index contributed by atoms with van der Waals surface area (Å²) < 4.78 is 1.09. The van der Waals surface area contributed by atoms with Crippen LogP contribution in [-0.2, 0) is 6.54 Å². The van der Waals surface area contributed by atoms with Gasteiger partial charge in [-0.1, -0.05) is 35.7 Å². The van der Waals surface area contributed by atoms with E-state index in [4.69, 9.17) is 0 Å². The Morgan fingerprint density at radius 2 is 2.06 bits per heavy atom. The van der Waals surface area contributed by atoms with Crippen molar-refractivity contribution in [2.45, 2.75) is 45.2 Å². The Kier molecular flexibility index (Phi) is 4.46. The second-order valence-electron chi connectivity index (χ2n) is 4.78. The number of halogens is 1. The van der Waals surface area contributed by atoms with Crippen molar-refractivity contribution in [3.8, 4) is 5.75 Å². The minimum Gasteiger partial charge on any atom is -0.508 e. The third-order valence-corrected chi connectivity index (χ3v) is 4.42. The number of nitrogens with zero attached hydrogens (tertiary/aromatic N) is 1. The number of benzene rings is 1. The van der Waals surface area contributed by atoms with E-state index in [-0.39, 0.29) is 0 Å². The number of phenolic OH excluding ortho intramolecular Hbond substituents is 1. The van der Waals surface area contributed by atoms with E-state index in [9.17, 15) is 5.11 Å². The van der Waals surface area contributed by atoms with Crippen molar-refractivity contribution in [2.24, 2.45) is 0 Å². The summed E-state index contributed by atoms with van der Waals surface area (Å²) in [5, 5.41) is 9.55. The maximum absolute atomic E-state index is 9.55. The van der Waals surface area contributed by atoms with Crippen LogP contribution in [0.25, 0.3) is 0 Å². The molecule has 0 bridgehead atoms. The van der Waals surface area contributed by atoms with Crippen molar-refractivity contribution in [3.63, 3.8) is 0 Å². The van der Waals surface area contributed by atoms with Gasteiger partial charge in [0.15, 0.2) is 0 Å². The van der Waals surface area contributed by atoms with Gasteiger partial charge in [-0.15, -0.1) is 0 Å². The molecular formula is C14H20BrNO. The van der Waals surface area contributed by atoms with Gasteiger partial charge in [0.25, 0.3) is 0 Å². The van der Waals surface area contributed by atoms with E-state index < -0.39 is 0 Å². The second kappa shape index (κ2) is 5.87. The molecule has 1 N–H and O–H groups in total. The van der Waals surface area contributed by atoms with Gasteiger partial charge in [-0.05, 0) is 43.1 Å². The highest BCUT2D eigenvalue weighted by molar-refractivity contribution is 9.10. The highest BCUT2D eigenvalue weighted by Crippen LogP contribution is 2.28. The molecule has 1 aliphatic carbocycles. The molecule has 0 radical (unpaired) electrons. The molecule has 0 atom stereocenters. The molecule has 2 nitrogen and oxygen atoms in total. The van der Waals surface area contributed by atoms with E-state index in [1.807, 2.05) is 12.1 Å². The third kappa shape index (κ3) is 3.23. The number of rotatable bonds is 4. The van der Waals surface area contributed by atoms with Crippen molar-refractivity contribution in [1.82, 2.24) is 4.90 Å². The zero-order chi connectivity index (χ0) is 12.3. The van der Waals surface area contributed by atoms with E-state index in [0.717, 1.165) is 23.6 Å². The minimum absolute atomic E-state index is 0.352. The lowest BCUT2D eigenvalue weighted by Crippen LogP contribution is -2.32. The molecule has 3 heteroatoms. The third-order valence-electron chi connectivity index (χ3n) is 3.65. The smallest absolute Gasteiger partial charge is 0.115 e. The van der Waals surface area contributed by atoms with Gasteiger partial charge >= 0.3 is 0 Å². The second-order valence-corrected chi connectivity index (χ2v) is 5.63. The topological polar surface area (TPSA) is 23.5 Å². The summed E-state index contributed by atoms with van der Waals surface area (Å²) in [6, 6.07) is 6.24. The Balaban J connectivity index is 2.09. The molecule has 1 fully saturated rings. The lowest BCUT2D eigenvalue weighted by molar-refractivity contribution is 0.199. The van der Waals surface area contributed by atoms with Gasteiger partial charge in [0.05, 0.1) is 0 Å². The number of hydrogen-bond donors (Lipinski definition) is 1. The van der Waals surface area contributed by atoms with Crippen molar-refractivity contribution in [3.05, 3.63) is 28.2 Å². The first kappa shape index (κ1) is 12.9. The van der Waals surface area contributed by atoms with Crippen LogP contribution in [0.1, 0.15) is 38.2 Å². The number of aromatic hydroxyl groups is 1. The van der Waals surface area contributed by atoms with Gasteiger partial charge in [0, 0.05) is 17.1 Å². The number of phenols is 1. The Labute approximate surface area is 112 Å². The van der Waals surface area contributed by atoms with Gasteiger partial charge in [-0.3, -0.25) is 4.90 Å².